The van der Waals surface area contributed by atoms with Crippen LogP contribution in [0.2, 0.25) is 5.02 Å². The molecule has 0 fully saturated rings. The average molecular weight is 280 g/mol. The number of hydrogen-bond donors (Lipinski definition) is 2. The predicted octanol–water partition coefficient (Wildman–Crippen LogP) is 3.26. The summed E-state index contributed by atoms with van der Waals surface area (Å²) in [6.45, 7) is 1.23. The van der Waals surface area contributed by atoms with Gasteiger partial charge in [-0.05, 0) is 34.9 Å². The van der Waals surface area contributed by atoms with E-state index in [1.807, 2.05) is 24.3 Å². The third-order valence-electron chi connectivity index (χ3n) is 2.86. The summed E-state index contributed by atoms with van der Waals surface area (Å²) in [5.74, 6) is -0.284. The molecule has 2 nitrogen and oxygen atoms in total. The van der Waals surface area contributed by atoms with Crippen molar-refractivity contribution in [3.8, 4) is 0 Å². The zero-order chi connectivity index (χ0) is 13.7. The molecule has 0 amide bonds. The van der Waals surface area contributed by atoms with Crippen LogP contribution in [0.3, 0.4) is 0 Å². The molecular weight excluding hydrogens is 265 g/mol. The summed E-state index contributed by atoms with van der Waals surface area (Å²) in [4.78, 5) is 0. The first-order valence-corrected chi connectivity index (χ1v) is 6.40. The fourth-order valence-electron chi connectivity index (χ4n) is 1.78. The van der Waals surface area contributed by atoms with Gasteiger partial charge in [-0.15, -0.1) is 0 Å². The molecule has 4 heteroatoms. The number of rotatable bonds is 5. The Morgan fingerprint density at radius 1 is 1.00 bits per heavy atom. The highest BCUT2D eigenvalue weighted by atomic mass is 35.5. The maximum absolute atomic E-state index is 13.1. The summed E-state index contributed by atoms with van der Waals surface area (Å²) >= 11 is 5.98. The number of benzene rings is 2. The molecule has 0 unspecified atom stereocenters. The maximum atomic E-state index is 13.1. The quantitative estimate of drug-likeness (QED) is 0.880. The Kier molecular flexibility index (Phi) is 4.91. The first kappa shape index (κ1) is 14.0. The zero-order valence-electron chi connectivity index (χ0n) is 10.4. The fraction of sp³-hybridized carbons (Fsp3) is 0.200. The molecule has 0 heterocycles. The van der Waals surface area contributed by atoms with Gasteiger partial charge in [0.1, 0.15) is 5.82 Å². The maximum Gasteiger partial charge on any atom is 0.123 e. The largest absolute Gasteiger partial charge is 0.392 e. The molecule has 100 valence electrons. The average Bonchev–Trinajstić information content (AvgIpc) is 2.43. The number of aliphatic hydroxyl groups is 1. The first-order valence-electron chi connectivity index (χ1n) is 6.02. The Labute approximate surface area is 116 Å². The molecule has 0 saturated heterocycles. The SMILES string of the molecule is OCc1ccc(CNCc2cc(F)ccc2Cl)cc1. The molecular formula is C15H15ClFNO. The van der Waals surface area contributed by atoms with Gasteiger partial charge in [0, 0.05) is 18.1 Å². The second-order valence-electron chi connectivity index (χ2n) is 4.31. The molecule has 0 atom stereocenters. The van der Waals surface area contributed by atoms with Crippen molar-refractivity contribution in [3.63, 3.8) is 0 Å². The van der Waals surface area contributed by atoms with Crippen molar-refractivity contribution in [2.24, 2.45) is 0 Å². The molecule has 0 aromatic heterocycles. The predicted molar refractivity (Wildman–Crippen MR) is 74.3 cm³/mol. The van der Waals surface area contributed by atoms with Gasteiger partial charge >= 0.3 is 0 Å². The molecule has 0 saturated carbocycles. The summed E-state index contributed by atoms with van der Waals surface area (Å²) in [7, 11) is 0. The minimum Gasteiger partial charge on any atom is -0.392 e. The topological polar surface area (TPSA) is 32.3 Å². The van der Waals surface area contributed by atoms with Crippen LogP contribution in [-0.2, 0) is 19.7 Å². The molecule has 19 heavy (non-hydrogen) atoms. The summed E-state index contributed by atoms with van der Waals surface area (Å²) in [6.07, 6.45) is 0. The van der Waals surface area contributed by atoms with E-state index in [1.165, 1.54) is 12.1 Å². The minimum atomic E-state index is -0.284. The highest BCUT2D eigenvalue weighted by Gasteiger charge is 2.02. The lowest BCUT2D eigenvalue weighted by Crippen LogP contribution is -2.13. The van der Waals surface area contributed by atoms with Gasteiger partial charge < -0.3 is 10.4 Å². The van der Waals surface area contributed by atoms with Gasteiger partial charge in [0.25, 0.3) is 0 Å². The van der Waals surface area contributed by atoms with E-state index in [4.69, 9.17) is 16.7 Å². The van der Waals surface area contributed by atoms with Crippen molar-refractivity contribution in [1.82, 2.24) is 5.32 Å². The lowest BCUT2D eigenvalue weighted by atomic mass is 10.1. The number of aliphatic hydroxyl groups excluding tert-OH is 1. The molecule has 2 aromatic carbocycles. The summed E-state index contributed by atoms with van der Waals surface area (Å²) < 4.78 is 13.1. The van der Waals surface area contributed by atoms with Gasteiger partial charge in [-0.2, -0.15) is 0 Å². The normalized spacial score (nSPS) is 10.7. The minimum absolute atomic E-state index is 0.0482. The summed E-state index contributed by atoms with van der Waals surface area (Å²) in [5.41, 5.74) is 2.73. The van der Waals surface area contributed by atoms with Gasteiger partial charge in [0.2, 0.25) is 0 Å². The molecule has 0 spiro atoms. The highest BCUT2D eigenvalue weighted by Crippen LogP contribution is 2.16. The van der Waals surface area contributed by atoms with Crippen molar-refractivity contribution < 1.29 is 9.50 Å². The number of nitrogens with one attached hydrogen (secondary N) is 1. The van der Waals surface area contributed by atoms with Crippen LogP contribution < -0.4 is 5.32 Å². The Balaban J connectivity index is 1.90. The third kappa shape index (κ3) is 4.03. The molecule has 0 aliphatic rings. The molecule has 2 N–H and O–H groups in total. The second kappa shape index (κ2) is 6.66. The van der Waals surface area contributed by atoms with Crippen LogP contribution >= 0.6 is 11.6 Å². The monoisotopic (exact) mass is 279 g/mol. The first-order chi connectivity index (χ1) is 9.19. The van der Waals surface area contributed by atoms with E-state index in [1.54, 1.807) is 6.07 Å². The van der Waals surface area contributed by atoms with Crippen LogP contribution in [-0.4, -0.2) is 5.11 Å². The molecule has 0 bridgehead atoms. The van der Waals surface area contributed by atoms with Crippen molar-refractivity contribution in [2.45, 2.75) is 19.7 Å². The number of halogens is 2. The van der Waals surface area contributed by atoms with Crippen LogP contribution in [0.4, 0.5) is 4.39 Å². The molecule has 0 aliphatic heterocycles. The Hall–Kier alpha value is -1.42. The van der Waals surface area contributed by atoms with Gasteiger partial charge in [0.15, 0.2) is 0 Å². The van der Waals surface area contributed by atoms with E-state index in [0.717, 1.165) is 16.7 Å². The van der Waals surface area contributed by atoms with Gasteiger partial charge in [-0.1, -0.05) is 35.9 Å². The van der Waals surface area contributed by atoms with E-state index < -0.39 is 0 Å². The summed E-state index contributed by atoms with van der Waals surface area (Å²) in [5, 5.41) is 12.7. The van der Waals surface area contributed by atoms with Crippen LogP contribution in [0.25, 0.3) is 0 Å². The van der Waals surface area contributed by atoms with Crippen molar-refractivity contribution in [2.75, 3.05) is 0 Å². The molecule has 0 radical (unpaired) electrons. The van der Waals surface area contributed by atoms with E-state index >= 15 is 0 Å². The van der Waals surface area contributed by atoms with Gasteiger partial charge in [-0.25, -0.2) is 4.39 Å². The third-order valence-corrected chi connectivity index (χ3v) is 3.23. The van der Waals surface area contributed by atoms with Crippen LogP contribution in [0.5, 0.6) is 0 Å². The molecule has 0 aliphatic carbocycles. The smallest absolute Gasteiger partial charge is 0.123 e. The van der Waals surface area contributed by atoms with Crippen molar-refractivity contribution >= 4 is 11.6 Å². The van der Waals surface area contributed by atoms with Crippen LogP contribution in [0.15, 0.2) is 42.5 Å². The Morgan fingerprint density at radius 2 is 1.68 bits per heavy atom. The molecule has 2 aromatic rings. The van der Waals surface area contributed by atoms with E-state index in [-0.39, 0.29) is 12.4 Å². The van der Waals surface area contributed by atoms with Crippen molar-refractivity contribution in [3.05, 3.63) is 70.0 Å². The van der Waals surface area contributed by atoms with Gasteiger partial charge in [-0.3, -0.25) is 0 Å². The second-order valence-corrected chi connectivity index (χ2v) is 4.72. The van der Waals surface area contributed by atoms with E-state index in [2.05, 4.69) is 5.32 Å². The molecule has 2 rings (SSSR count). The lowest BCUT2D eigenvalue weighted by molar-refractivity contribution is 0.282. The van der Waals surface area contributed by atoms with Crippen molar-refractivity contribution in [1.29, 1.82) is 0 Å². The number of hydrogen-bond acceptors (Lipinski definition) is 2. The van der Waals surface area contributed by atoms with Crippen LogP contribution in [0.1, 0.15) is 16.7 Å². The zero-order valence-corrected chi connectivity index (χ0v) is 11.1. The van der Waals surface area contributed by atoms with E-state index in [9.17, 15) is 4.39 Å². The Morgan fingerprint density at radius 3 is 2.37 bits per heavy atom. The lowest BCUT2D eigenvalue weighted by Gasteiger charge is -2.07. The van der Waals surface area contributed by atoms with E-state index in [0.29, 0.717) is 18.1 Å². The summed E-state index contributed by atoms with van der Waals surface area (Å²) in [6, 6.07) is 12.0. The highest BCUT2D eigenvalue weighted by molar-refractivity contribution is 6.31. The van der Waals surface area contributed by atoms with Gasteiger partial charge in [0.05, 0.1) is 6.61 Å². The standard InChI is InChI=1S/C15H15ClFNO/c16-15-6-5-14(17)7-13(15)9-18-8-11-1-3-12(10-19)4-2-11/h1-7,18-19H,8-10H2. The van der Waals surface area contributed by atoms with Crippen LogP contribution in [0, 0.1) is 5.82 Å². The Bertz CT molecular complexity index is 542. The fourth-order valence-corrected chi connectivity index (χ4v) is 1.97.